The zero-order chi connectivity index (χ0) is 15.9. The Morgan fingerprint density at radius 1 is 1.32 bits per heavy atom. The highest BCUT2D eigenvalue weighted by Crippen LogP contribution is 2.18. The van der Waals surface area contributed by atoms with Gasteiger partial charge in [0.05, 0.1) is 12.1 Å². The average Bonchev–Trinajstić information content (AvgIpc) is 3.00. The molecule has 2 aromatic rings. The number of hydrogen-bond acceptors (Lipinski definition) is 4. The molecule has 2 amide bonds. The van der Waals surface area contributed by atoms with E-state index < -0.39 is 0 Å². The molecular weight excluding hydrogens is 298 g/mol. The first-order chi connectivity index (χ1) is 10.6. The van der Waals surface area contributed by atoms with Crippen molar-refractivity contribution in [3.8, 4) is 5.88 Å². The minimum Gasteiger partial charge on any atom is -0.475 e. The Balaban J connectivity index is 1.88. The van der Waals surface area contributed by atoms with Gasteiger partial charge in [0.15, 0.2) is 0 Å². The Kier molecular flexibility index (Phi) is 5.77. The van der Waals surface area contributed by atoms with E-state index in [9.17, 15) is 4.79 Å². The number of thiophene rings is 1. The fourth-order valence-electron chi connectivity index (χ4n) is 1.92. The lowest BCUT2D eigenvalue weighted by Gasteiger charge is -2.15. The van der Waals surface area contributed by atoms with Crippen LogP contribution in [-0.4, -0.2) is 17.1 Å². The van der Waals surface area contributed by atoms with Gasteiger partial charge in [-0.2, -0.15) is 0 Å². The monoisotopic (exact) mass is 319 g/mol. The van der Waals surface area contributed by atoms with Crippen LogP contribution in [0.25, 0.3) is 0 Å². The highest BCUT2D eigenvalue weighted by Gasteiger charge is 2.11. The van der Waals surface area contributed by atoms with Crippen molar-refractivity contribution in [2.24, 2.45) is 0 Å². The predicted octanol–water partition coefficient (Wildman–Crippen LogP) is 3.49. The van der Waals surface area contributed by atoms with Crippen LogP contribution in [0.2, 0.25) is 0 Å². The summed E-state index contributed by atoms with van der Waals surface area (Å²) in [5, 5.41) is 7.75. The van der Waals surface area contributed by atoms with Gasteiger partial charge in [-0.05, 0) is 38.3 Å². The van der Waals surface area contributed by atoms with Crippen molar-refractivity contribution in [3.05, 3.63) is 46.3 Å². The number of pyridine rings is 1. The maximum atomic E-state index is 12.0. The Hall–Kier alpha value is -2.08. The minimum absolute atomic E-state index is 0.0136. The van der Waals surface area contributed by atoms with Crippen molar-refractivity contribution in [1.29, 1.82) is 0 Å². The summed E-state index contributed by atoms with van der Waals surface area (Å²) < 4.78 is 5.64. The number of amides is 2. The van der Waals surface area contributed by atoms with Gasteiger partial charge in [-0.1, -0.05) is 12.1 Å². The molecule has 0 fully saturated rings. The molecule has 0 saturated carbocycles. The van der Waals surface area contributed by atoms with Crippen LogP contribution in [0.15, 0.2) is 35.8 Å². The Labute approximate surface area is 134 Å². The van der Waals surface area contributed by atoms with Crippen LogP contribution in [0.5, 0.6) is 5.88 Å². The summed E-state index contributed by atoms with van der Waals surface area (Å²) in [4.78, 5) is 17.3. The molecule has 0 aliphatic rings. The first-order valence-electron chi connectivity index (χ1n) is 7.24. The summed E-state index contributed by atoms with van der Waals surface area (Å²) in [7, 11) is 0. The van der Waals surface area contributed by atoms with E-state index >= 15 is 0 Å². The number of rotatable bonds is 6. The number of hydrogen-bond donors (Lipinski definition) is 2. The number of nitrogens with one attached hydrogen (secondary N) is 2. The van der Waals surface area contributed by atoms with Crippen LogP contribution in [0.3, 0.4) is 0 Å². The molecule has 6 heteroatoms. The fourth-order valence-corrected chi connectivity index (χ4v) is 2.65. The molecule has 5 nitrogen and oxygen atoms in total. The molecule has 1 atom stereocenters. The lowest BCUT2D eigenvalue weighted by Crippen LogP contribution is -2.36. The van der Waals surface area contributed by atoms with Gasteiger partial charge in [-0.15, -0.1) is 11.3 Å². The number of aromatic nitrogens is 1. The normalized spacial score (nSPS) is 12.0. The van der Waals surface area contributed by atoms with E-state index in [-0.39, 0.29) is 18.2 Å². The van der Waals surface area contributed by atoms with Gasteiger partial charge in [0, 0.05) is 23.2 Å². The van der Waals surface area contributed by atoms with Crippen molar-refractivity contribution < 1.29 is 9.53 Å². The first kappa shape index (κ1) is 16.3. The summed E-state index contributed by atoms with van der Waals surface area (Å²) >= 11 is 1.62. The maximum Gasteiger partial charge on any atom is 0.315 e. The van der Waals surface area contributed by atoms with E-state index in [0.717, 1.165) is 10.4 Å². The lowest BCUT2D eigenvalue weighted by atomic mass is 10.2. The second-order valence-electron chi connectivity index (χ2n) is 5.20. The van der Waals surface area contributed by atoms with E-state index in [1.54, 1.807) is 17.5 Å². The second kappa shape index (κ2) is 7.79. The zero-order valence-electron chi connectivity index (χ0n) is 13.0. The topological polar surface area (TPSA) is 63.2 Å². The van der Waals surface area contributed by atoms with Gasteiger partial charge in [0.1, 0.15) is 0 Å². The summed E-state index contributed by atoms with van der Waals surface area (Å²) in [5.41, 5.74) is 0.857. The van der Waals surface area contributed by atoms with Crippen LogP contribution in [0.4, 0.5) is 4.79 Å². The fraction of sp³-hybridized carbons (Fsp3) is 0.375. The van der Waals surface area contributed by atoms with Crippen molar-refractivity contribution >= 4 is 17.4 Å². The quantitative estimate of drug-likeness (QED) is 0.856. The van der Waals surface area contributed by atoms with Crippen LogP contribution < -0.4 is 15.4 Å². The number of ether oxygens (including phenoxy) is 1. The van der Waals surface area contributed by atoms with Crippen LogP contribution in [0.1, 0.15) is 37.3 Å². The van der Waals surface area contributed by atoms with Crippen molar-refractivity contribution in [2.45, 2.75) is 39.5 Å². The third-order valence-electron chi connectivity index (χ3n) is 2.95. The average molecular weight is 319 g/mol. The number of nitrogens with zero attached hydrogens (tertiary/aromatic N) is 1. The Morgan fingerprint density at radius 3 is 2.82 bits per heavy atom. The van der Waals surface area contributed by atoms with Gasteiger partial charge >= 0.3 is 6.03 Å². The molecule has 0 unspecified atom stereocenters. The molecule has 0 spiro atoms. The van der Waals surface area contributed by atoms with Crippen molar-refractivity contribution in [3.63, 3.8) is 0 Å². The predicted molar refractivity (Wildman–Crippen MR) is 88.1 cm³/mol. The van der Waals surface area contributed by atoms with Gasteiger partial charge in [0.2, 0.25) is 5.88 Å². The summed E-state index contributed by atoms with van der Waals surface area (Å²) in [6.07, 6.45) is 1.72. The van der Waals surface area contributed by atoms with Gasteiger partial charge in [0.25, 0.3) is 0 Å². The van der Waals surface area contributed by atoms with Gasteiger partial charge < -0.3 is 15.4 Å². The summed E-state index contributed by atoms with van der Waals surface area (Å²) in [6.45, 7) is 6.23. The molecule has 22 heavy (non-hydrogen) atoms. The van der Waals surface area contributed by atoms with E-state index in [0.29, 0.717) is 12.4 Å². The molecule has 2 N–H and O–H groups in total. The number of carbonyl (C=O) groups is 1. The Morgan fingerprint density at radius 2 is 2.14 bits per heavy atom. The van der Waals surface area contributed by atoms with E-state index in [2.05, 4.69) is 15.6 Å². The SMILES string of the molecule is CC(C)Oc1ncccc1CNC(=O)N[C@H](C)c1cccs1. The van der Waals surface area contributed by atoms with Crippen molar-refractivity contribution in [1.82, 2.24) is 15.6 Å². The molecule has 0 radical (unpaired) electrons. The molecule has 0 aliphatic carbocycles. The van der Waals surface area contributed by atoms with Crippen molar-refractivity contribution in [2.75, 3.05) is 0 Å². The molecule has 2 heterocycles. The van der Waals surface area contributed by atoms with E-state index in [1.807, 2.05) is 50.4 Å². The number of urea groups is 1. The maximum absolute atomic E-state index is 12.0. The summed E-state index contributed by atoms with van der Waals surface area (Å²) in [6, 6.07) is 7.48. The number of carbonyl (C=O) groups excluding carboxylic acids is 1. The molecule has 0 aliphatic heterocycles. The van der Waals surface area contributed by atoms with Crippen LogP contribution >= 0.6 is 11.3 Å². The highest BCUT2D eigenvalue weighted by atomic mass is 32.1. The van der Waals surface area contributed by atoms with Crippen LogP contribution in [-0.2, 0) is 6.54 Å². The smallest absolute Gasteiger partial charge is 0.315 e. The van der Waals surface area contributed by atoms with E-state index in [1.165, 1.54) is 0 Å². The molecule has 2 rings (SSSR count). The molecule has 0 bridgehead atoms. The molecule has 118 valence electrons. The molecule has 0 saturated heterocycles. The van der Waals surface area contributed by atoms with Gasteiger partial charge in [-0.3, -0.25) is 0 Å². The van der Waals surface area contributed by atoms with Crippen LogP contribution in [0, 0.1) is 0 Å². The third kappa shape index (κ3) is 4.73. The first-order valence-corrected chi connectivity index (χ1v) is 8.12. The molecular formula is C16H21N3O2S. The summed E-state index contributed by atoms with van der Waals surface area (Å²) in [5.74, 6) is 0.559. The second-order valence-corrected chi connectivity index (χ2v) is 6.18. The Bertz CT molecular complexity index is 599. The standard InChI is InChI=1S/C16H21N3O2S/c1-11(2)21-15-13(6-4-8-17-15)10-18-16(20)19-12(3)14-7-5-9-22-14/h4-9,11-12H,10H2,1-3H3,(H2,18,19,20)/t12-/m1/s1. The molecule has 0 aromatic carbocycles. The lowest BCUT2D eigenvalue weighted by molar-refractivity contribution is 0.228. The van der Waals surface area contributed by atoms with E-state index in [4.69, 9.17) is 4.74 Å². The molecule has 2 aromatic heterocycles. The minimum atomic E-state index is -0.208. The zero-order valence-corrected chi connectivity index (χ0v) is 13.8. The third-order valence-corrected chi connectivity index (χ3v) is 4.01. The largest absolute Gasteiger partial charge is 0.475 e. The van der Waals surface area contributed by atoms with Gasteiger partial charge in [-0.25, -0.2) is 9.78 Å². The highest BCUT2D eigenvalue weighted by molar-refractivity contribution is 7.10.